The van der Waals surface area contributed by atoms with Gasteiger partial charge in [-0.05, 0) is 35.4 Å². The molecule has 3 rings (SSSR count). The molecule has 0 aliphatic carbocycles. The lowest BCUT2D eigenvalue weighted by atomic mass is 10.0. The summed E-state index contributed by atoms with van der Waals surface area (Å²) in [7, 11) is 3.67. The molecule has 0 radical (unpaired) electrons. The minimum atomic E-state index is -0.208. The second-order valence-corrected chi connectivity index (χ2v) is 5.48. The molecular weight excluding hydrogens is 259 g/mol. The Hall–Kier alpha value is -1.94. The van der Waals surface area contributed by atoms with Gasteiger partial charge in [0, 0.05) is 14.1 Å². The zero-order valence-electron chi connectivity index (χ0n) is 10.7. The van der Waals surface area contributed by atoms with Crippen LogP contribution in [0.3, 0.4) is 0 Å². The van der Waals surface area contributed by atoms with Crippen LogP contribution in [0, 0.1) is 5.82 Å². The van der Waals surface area contributed by atoms with Crippen LogP contribution in [-0.2, 0) is 0 Å². The molecular formula is C15H13FN2S. The molecule has 1 aromatic heterocycles. The molecule has 0 saturated carbocycles. The van der Waals surface area contributed by atoms with Crippen LogP contribution < -0.4 is 4.90 Å². The number of hydrogen-bond donors (Lipinski definition) is 0. The highest BCUT2D eigenvalue weighted by Crippen LogP contribution is 2.28. The van der Waals surface area contributed by atoms with Gasteiger partial charge in [-0.25, -0.2) is 9.37 Å². The molecule has 0 aliphatic heterocycles. The standard InChI is InChI=1S/C15H13FN2S/c1-18(2)14-5-3-10(7-12(14)16)11-4-6-15-13(8-11)17-9-19-15/h3-9H,1-2H3. The van der Waals surface area contributed by atoms with Crippen LogP contribution in [0.2, 0.25) is 0 Å². The first kappa shape index (κ1) is 12.1. The number of nitrogens with zero attached hydrogens (tertiary/aromatic N) is 2. The zero-order chi connectivity index (χ0) is 13.4. The van der Waals surface area contributed by atoms with Gasteiger partial charge in [0.1, 0.15) is 5.82 Å². The maximum absolute atomic E-state index is 14.0. The van der Waals surface area contributed by atoms with Crippen molar-refractivity contribution in [3.63, 3.8) is 0 Å². The second-order valence-electron chi connectivity index (χ2n) is 4.60. The monoisotopic (exact) mass is 272 g/mol. The summed E-state index contributed by atoms with van der Waals surface area (Å²) in [6.07, 6.45) is 0. The van der Waals surface area contributed by atoms with Crippen LogP contribution in [0.25, 0.3) is 21.3 Å². The second kappa shape index (κ2) is 4.63. The van der Waals surface area contributed by atoms with Crippen molar-refractivity contribution in [1.82, 2.24) is 4.98 Å². The normalized spacial score (nSPS) is 10.9. The molecule has 0 spiro atoms. The number of anilines is 1. The third-order valence-corrected chi connectivity index (χ3v) is 3.90. The SMILES string of the molecule is CN(C)c1ccc(-c2ccc3scnc3c2)cc1F. The largest absolute Gasteiger partial charge is 0.375 e. The fourth-order valence-electron chi connectivity index (χ4n) is 2.09. The molecule has 0 atom stereocenters. The van der Waals surface area contributed by atoms with Crippen LogP contribution in [0.5, 0.6) is 0 Å². The molecule has 2 aromatic carbocycles. The summed E-state index contributed by atoms with van der Waals surface area (Å²) in [5, 5.41) is 0. The minimum absolute atomic E-state index is 0.208. The quantitative estimate of drug-likeness (QED) is 0.696. The van der Waals surface area contributed by atoms with E-state index in [4.69, 9.17) is 0 Å². The molecule has 0 amide bonds. The van der Waals surface area contributed by atoms with E-state index in [1.165, 1.54) is 0 Å². The van der Waals surface area contributed by atoms with Crippen molar-refractivity contribution in [3.8, 4) is 11.1 Å². The molecule has 3 aromatic rings. The Balaban J connectivity index is 2.08. The Kier molecular flexibility index (Phi) is 2.95. The number of thiazole rings is 1. The van der Waals surface area contributed by atoms with E-state index < -0.39 is 0 Å². The number of benzene rings is 2. The topological polar surface area (TPSA) is 16.1 Å². The summed E-state index contributed by atoms with van der Waals surface area (Å²) in [6, 6.07) is 11.3. The summed E-state index contributed by atoms with van der Waals surface area (Å²) in [6.45, 7) is 0. The summed E-state index contributed by atoms with van der Waals surface area (Å²) in [5.74, 6) is -0.208. The Bertz CT molecular complexity index is 734. The lowest BCUT2D eigenvalue weighted by Gasteiger charge is -2.14. The van der Waals surface area contributed by atoms with Crippen molar-refractivity contribution in [2.45, 2.75) is 0 Å². The van der Waals surface area contributed by atoms with Gasteiger partial charge < -0.3 is 4.90 Å². The molecule has 0 saturated heterocycles. The third kappa shape index (κ3) is 2.19. The average molecular weight is 272 g/mol. The van der Waals surface area contributed by atoms with Gasteiger partial charge in [-0.1, -0.05) is 12.1 Å². The van der Waals surface area contributed by atoms with E-state index in [9.17, 15) is 4.39 Å². The van der Waals surface area contributed by atoms with Gasteiger partial charge in [0.25, 0.3) is 0 Å². The Labute approximate surface area is 115 Å². The summed E-state index contributed by atoms with van der Waals surface area (Å²) in [4.78, 5) is 6.06. The third-order valence-electron chi connectivity index (χ3n) is 3.09. The average Bonchev–Trinajstić information content (AvgIpc) is 2.85. The van der Waals surface area contributed by atoms with Crippen molar-refractivity contribution in [3.05, 3.63) is 47.7 Å². The van der Waals surface area contributed by atoms with Crippen LogP contribution in [0.1, 0.15) is 0 Å². The minimum Gasteiger partial charge on any atom is -0.375 e. The lowest BCUT2D eigenvalue weighted by Crippen LogP contribution is -2.10. The summed E-state index contributed by atoms with van der Waals surface area (Å²) in [5.41, 5.74) is 5.24. The van der Waals surface area contributed by atoms with Crippen molar-refractivity contribution >= 4 is 27.2 Å². The fraction of sp³-hybridized carbons (Fsp3) is 0.133. The van der Waals surface area contributed by atoms with E-state index in [0.29, 0.717) is 5.69 Å². The van der Waals surface area contributed by atoms with Crippen molar-refractivity contribution in [2.24, 2.45) is 0 Å². The highest BCUT2D eigenvalue weighted by molar-refractivity contribution is 7.16. The highest BCUT2D eigenvalue weighted by atomic mass is 32.1. The first-order valence-corrected chi connectivity index (χ1v) is 6.83. The predicted octanol–water partition coefficient (Wildman–Crippen LogP) is 4.17. The lowest BCUT2D eigenvalue weighted by molar-refractivity contribution is 0.626. The predicted molar refractivity (Wildman–Crippen MR) is 79.3 cm³/mol. The molecule has 0 N–H and O–H groups in total. The van der Waals surface area contributed by atoms with Gasteiger partial charge >= 0.3 is 0 Å². The Morgan fingerprint density at radius 2 is 1.79 bits per heavy atom. The molecule has 0 fully saturated rings. The van der Waals surface area contributed by atoms with Crippen LogP contribution in [0.4, 0.5) is 10.1 Å². The van der Waals surface area contributed by atoms with Crippen molar-refractivity contribution in [1.29, 1.82) is 0 Å². The van der Waals surface area contributed by atoms with Crippen LogP contribution in [-0.4, -0.2) is 19.1 Å². The maximum Gasteiger partial charge on any atom is 0.147 e. The van der Waals surface area contributed by atoms with Gasteiger partial charge in [0.2, 0.25) is 0 Å². The molecule has 19 heavy (non-hydrogen) atoms. The van der Waals surface area contributed by atoms with E-state index in [1.54, 1.807) is 28.4 Å². The van der Waals surface area contributed by atoms with Gasteiger partial charge in [0.05, 0.1) is 21.4 Å². The van der Waals surface area contributed by atoms with E-state index in [1.807, 2.05) is 43.9 Å². The van der Waals surface area contributed by atoms with Gasteiger partial charge in [-0.2, -0.15) is 0 Å². The molecule has 0 aliphatic rings. The van der Waals surface area contributed by atoms with Gasteiger partial charge in [-0.3, -0.25) is 0 Å². The molecule has 4 heteroatoms. The van der Waals surface area contributed by atoms with E-state index >= 15 is 0 Å². The summed E-state index contributed by atoms with van der Waals surface area (Å²) < 4.78 is 15.1. The first-order valence-electron chi connectivity index (χ1n) is 5.95. The van der Waals surface area contributed by atoms with Crippen molar-refractivity contribution < 1.29 is 4.39 Å². The fourth-order valence-corrected chi connectivity index (χ4v) is 2.75. The number of hydrogen-bond acceptors (Lipinski definition) is 3. The number of fused-ring (bicyclic) bond motifs is 1. The molecule has 96 valence electrons. The molecule has 0 unspecified atom stereocenters. The zero-order valence-corrected chi connectivity index (χ0v) is 11.5. The Morgan fingerprint density at radius 3 is 2.53 bits per heavy atom. The molecule has 0 bridgehead atoms. The summed E-state index contributed by atoms with van der Waals surface area (Å²) >= 11 is 1.61. The van der Waals surface area contributed by atoms with Gasteiger partial charge in [0.15, 0.2) is 0 Å². The first-order chi connectivity index (χ1) is 9.15. The van der Waals surface area contributed by atoms with Gasteiger partial charge in [-0.15, -0.1) is 11.3 Å². The Morgan fingerprint density at radius 1 is 1.05 bits per heavy atom. The number of halogens is 1. The van der Waals surface area contributed by atoms with E-state index in [-0.39, 0.29) is 5.82 Å². The molecule has 1 heterocycles. The molecule has 2 nitrogen and oxygen atoms in total. The van der Waals surface area contributed by atoms with Crippen LogP contribution >= 0.6 is 11.3 Å². The van der Waals surface area contributed by atoms with Crippen molar-refractivity contribution in [2.75, 3.05) is 19.0 Å². The van der Waals surface area contributed by atoms with E-state index in [0.717, 1.165) is 21.3 Å². The smallest absolute Gasteiger partial charge is 0.147 e. The number of rotatable bonds is 2. The van der Waals surface area contributed by atoms with Crippen LogP contribution in [0.15, 0.2) is 41.9 Å². The number of aromatic nitrogens is 1. The van der Waals surface area contributed by atoms with E-state index in [2.05, 4.69) is 4.98 Å². The highest BCUT2D eigenvalue weighted by Gasteiger charge is 2.07. The maximum atomic E-state index is 14.0.